The summed E-state index contributed by atoms with van der Waals surface area (Å²) in [6.45, 7) is -0.607. The molecule has 0 bridgehead atoms. The van der Waals surface area contributed by atoms with Crippen LogP contribution in [0.3, 0.4) is 0 Å². The molecule has 0 aliphatic carbocycles. The Balaban J connectivity index is 3.29. The molecule has 8 heteroatoms. The van der Waals surface area contributed by atoms with Gasteiger partial charge in [-0.2, -0.15) is 4.39 Å². The molecule has 1 aromatic rings. The normalized spacial score (nSPS) is 10.1. The van der Waals surface area contributed by atoms with Crippen LogP contribution in [0.5, 0.6) is 0 Å². The van der Waals surface area contributed by atoms with Crippen molar-refractivity contribution in [2.45, 2.75) is 0 Å². The second-order valence-corrected chi connectivity index (χ2v) is 3.26. The third kappa shape index (κ3) is 2.86. The molecular formula is C9H8F2N2O4. The van der Waals surface area contributed by atoms with E-state index in [9.17, 15) is 23.7 Å². The van der Waals surface area contributed by atoms with E-state index in [2.05, 4.69) is 0 Å². The summed E-state index contributed by atoms with van der Waals surface area (Å²) in [7, 11) is 1.19. The fourth-order valence-electron chi connectivity index (χ4n) is 1.31. The van der Waals surface area contributed by atoms with Gasteiger partial charge in [-0.05, 0) is 0 Å². The molecular weight excluding hydrogens is 238 g/mol. The van der Waals surface area contributed by atoms with E-state index in [4.69, 9.17) is 5.11 Å². The van der Waals surface area contributed by atoms with Crippen molar-refractivity contribution in [1.82, 2.24) is 0 Å². The van der Waals surface area contributed by atoms with Gasteiger partial charge in [-0.3, -0.25) is 14.9 Å². The first-order valence-corrected chi connectivity index (χ1v) is 4.39. The van der Waals surface area contributed by atoms with Crippen molar-refractivity contribution >= 4 is 17.3 Å². The number of hydrogen-bond donors (Lipinski definition) is 1. The van der Waals surface area contributed by atoms with Gasteiger partial charge >= 0.3 is 11.7 Å². The number of aliphatic carboxylic acids is 1. The molecule has 0 heterocycles. The maximum absolute atomic E-state index is 13.2. The van der Waals surface area contributed by atoms with Gasteiger partial charge in [0.15, 0.2) is 0 Å². The van der Waals surface area contributed by atoms with Crippen molar-refractivity contribution in [3.63, 3.8) is 0 Å². The van der Waals surface area contributed by atoms with E-state index in [0.29, 0.717) is 12.1 Å². The van der Waals surface area contributed by atoms with Crippen LogP contribution < -0.4 is 4.90 Å². The number of rotatable bonds is 4. The largest absolute Gasteiger partial charge is 0.480 e. The molecule has 0 atom stereocenters. The van der Waals surface area contributed by atoms with E-state index in [1.807, 2.05) is 0 Å². The number of halogens is 2. The summed E-state index contributed by atoms with van der Waals surface area (Å²) < 4.78 is 26.1. The molecule has 92 valence electrons. The predicted octanol–water partition coefficient (Wildman–Crippen LogP) is 1.39. The molecule has 6 nitrogen and oxygen atoms in total. The average molecular weight is 246 g/mol. The minimum Gasteiger partial charge on any atom is -0.480 e. The van der Waals surface area contributed by atoms with Crippen LogP contribution in [0.25, 0.3) is 0 Å². The van der Waals surface area contributed by atoms with Gasteiger partial charge < -0.3 is 10.0 Å². The second kappa shape index (κ2) is 4.73. The van der Waals surface area contributed by atoms with Gasteiger partial charge in [-0.25, -0.2) is 4.39 Å². The third-order valence-corrected chi connectivity index (χ3v) is 1.97. The number of likely N-dealkylation sites (N-methyl/N-ethyl adjacent to an activating group) is 1. The highest BCUT2D eigenvalue weighted by atomic mass is 19.1. The Bertz CT molecular complexity index is 478. The summed E-state index contributed by atoms with van der Waals surface area (Å²) in [5, 5.41) is 19.1. The summed E-state index contributed by atoms with van der Waals surface area (Å²) in [6.07, 6.45) is 0. The van der Waals surface area contributed by atoms with Crippen LogP contribution in [0.15, 0.2) is 12.1 Å². The molecule has 0 amide bonds. The Labute approximate surface area is 94.2 Å². The smallest absolute Gasteiger partial charge is 0.328 e. The number of hydrogen-bond acceptors (Lipinski definition) is 4. The lowest BCUT2D eigenvalue weighted by molar-refractivity contribution is -0.386. The molecule has 0 saturated carbocycles. The van der Waals surface area contributed by atoms with Crippen LogP contribution in [0.1, 0.15) is 0 Å². The highest BCUT2D eigenvalue weighted by Crippen LogP contribution is 2.31. The van der Waals surface area contributed by atoms with E-state index in [-0.39, 0.29) is 0 Å². The molecule has 0 spiro atoms. The molecule has 1 aromatic carbocycles. The van der Waals surface area contributed by atoms with Gasteiger partial charge in [0.2, 0.25) is 5.82 Å². The van der Waals surface area contributed by atoms with E-state index in [0.717, 1.165) is 4.90 Å². The van der Waals surface area contributed by atoms with Gasteiger partial charge in [0.1, 0.15) is 18.0 Å². The molecule has 0 saturated heterocycles. The second-order valence-electron chi connectivity index (χ2n) is 3.26. The Hall–Kier alpha value is -2.25. The average Bonchev–Trinajstić information content (AvgIpc) is 2.14. The number of anilines is 1. The molecule has 0 unspecified atom stereocenters. The van der Waals surface area contributed by atoms with Gasteiger partial charge in [0.05, 0.1) is 4.92 Å². The maximum Gasteiger partial charge on any atom is 0.328 e. The van der Waals surface area contributed by atoms with Crippen LogP contribution in [0.4, 0.5) is 20.2 Å². The van der Waals surface area contributed by atoms with E-state index in [1.54, 1.807) is 0 Å². The first-order chi connectivity index (χ1) is 7.82. The number of nitro groups is 1. The molecule has 0 fully saturated rings. The number of benzene rings is 1. The SMILES string of the molecule is CN(CC(=O)O)c1cc(F)cc(F)c1[N+](=O)[O-]. The van der Waals surface area contributed by atoms with Crippen LogP contribution in [0.2, 0.25) is 0 Å². The monoisotopic (exact) mass is 246 g/mol. The minimum absolute atomic E-state index is 0.371. The van der Waals surface area contributed by atoms with Crippen molar-refractivity contribution in [1.29, 1.82) is 0 Å². The molecule has 0 aliphatic heterocycles. The fourth-order valence-corrected chi connectivity index (χ4v) is 1.31. The molecule has 0 aliphatic rings. The Morgan fingerprint density at radius 1 is 1.53 bits per heavy atom. The van der Waals surface area contributed by atoms with Crippen LogP contribution in [-0.4, -0.2) is 29.6 Å². The lowest BCUT2D eigenvalue weighted by Gasteiger charge is -2.16. The van der Waals surface area contributed by atoms with Crippen molar-refractivity contribution in [3.8, 4) is 0 Å². The third-order valence-electron chi connectivity index (χ3n) is 1.97. The van der Waals surface area contributed by atoms with Gasteiger partial charge in [-0.1, -0.05) is 0 Å². The van der Waals surface area contributed by atoms with Gasteiger partial charge in [0.25, 0.3) is 0 Å². The summed E-state index contributed by atoms with van der Waals surface area (Å²) in [6, 6.07) is 1.08. The van der Waals surface area contributed by atoms with E-state index >= 15 is 0 Å². The molecule has 1 N–H and O–H groups in total. The summed E-state index contributed by atoms with van der Waals surface area (Å²) in [5.74, 6) is -3.63. The summed E-state index contributed by atoms with van der Waals surface area (Å²) in [4.78, 5) is 20.9. The summed E-state index contributed by atoms with van der Waals surface area (Å²) >= 11 is 0. The quantitative estimate of drug-likeness (QED) is 0.641. The van der Waals surface area contributed by atoms with E-state index < -0.39 is 40.4 Å². The zero-order valence-electron chi connectivity index (χ0n) is 8.68. The topological polar surface area (TPSA) is 83.7 Å². The lowest BCUT2D eigenvalue weighted by Crippen LogP contribution is -2.26. The van der Waals surface area contributed by atoms with Gasteiger partial charge in [-0.15, -0.1) is 0 Å². The van der Waals surface area contributed by atoms with Crippen molar-refractivity contribution in [2.24, 2.45) is 0 Å². The Morgan fingerprint density at radius 2 is 2.12 bits per heavy atom. The van der Waals surface area contributed by atoms with Crippen molar-refractivity contribution in [2.75, 3.05) is 18.5 Å². The van der Waals surface area contributed by atoms with Crippen LogP contribution in [0, 0.1) is 21.7 Å². The first kappa shape index (κ1) is 12.8. The van der Waals surface area contributed by atoms with Crippen molar-refractivity contribution in [3.05, 3.63) is 33.9 Å². The molecule has 1 rings (SSSR count). The zero-order valence-corrected chi connectivity index (χ0v) is 8.68. The molecule has 17 heavy (non-hydrogen) atoms. The zero-order chi connectivity index (χ0) is 13.2. The molecule has 0 aromatic heterocycles. The number of carbonyl (C=O) groups is 1. The Kier molecular flexibility index (Phi) is 3.56. The fraction of sp³-hybridized carbons (Fsp3) is 0.222. The number of nitrogens with zero attached hydrogens (tertiary/aromatic N) is 2. The highest BCUT2D eigenvalue weighted by molar-refractivity contribution is 5.76. The van der Waals surface area contributed by atoms with Crippen LogP contribution in [-0.2, 0) is 4.79 Å². The maximum atomic E-state index is 13.2. The van der Waals surface area contributed by atoms with Crippen molar-refractivity contribution < 1.29 is 23.6 Å². The molecule has 0 radical (unpaired) electrons. The minimum atomic E-state index is -1.35. The number of nitro benzene ring substituents is 1. The standard InChI is InChI=1S/C9H8F2N2O4/c1-12(4-8(14)15)7-3-5(10)2-6(11)9(7)13(16)17/h2-3H,4H2,1H3,(H,14,15). The van der Waals surface area contributed by atoms with Crippen LogP contribution >= 0.6 is 0 Å². The first-order valence-electron chi connectivity index (χ1n) is 4.39. The van der Waals surface area contributed by atoms with E-state index in [1.165, 1.54) is 7.05 Å². The van der Waals surface area contributed by atoms with Gasteiger partial charge in [0, 0.05) is 19.2 Å². The highest BCUT2D eigenvalue weighted by Gasteiger charge is 2.25. The summed E-state index contributed by atoms with van der Waals surface area (Å²) in [5.41, 5.74) is -1.37. The predicted molar refractivity (Wildman–Crippen MR) is 53.9 cm³/mol. The number of carboxylic acids is 1. The lowest BCUT2D eigenvalue weighted by atomic mass is 10.2. The Morgan fingerprint density at radius 3 is 2.59 bits per heavy atom. The number of carboxylic acid groups (broad SMARTS) is 1.